The van der Waals surface area contributed by atoms with Crippen molar-refractivity contribution in [3.8, 4) is 5.75 Å². The van der Waals surface area contributed by atoms with Crippen LogP contribution in [0.25, 0.3) is 0 Å². The molecule has 18 heavy (non-hydrogen) atoms. The average Bonchev–Trinajstić information content (AvgIpc) is 2.81. The standard InChI is InChI=1S/C13H16FNO3/c14-11-7-10(13(16)17)8-12(9-11)18-6-5-15-3-1-2-4-15/h7-9H,1-6H2,(H,16,17). The van der Waals surface area contributed by atoms with Crippen LogP contribution in [0, 0.1) is 5.82 Å². The molecule has 1 heterocycles. The summed E-state index contributed by atoms with van der Waals surface area (Å²) in [6.45, 7) is 3.39. The molecule has 0 atom stereocenters. The van der Waals surface area contributed by atoms with Gasteiger partial charge >= 0.3 is 5.97 Å². The highest BCUT2D eigenvalue weighted by Gasteiger charge is 2.12. The fraction of sp³-hybridized carbons (Fsp3) is 0.462. The molecule has 4 nitrogen and oxygen atoms in total. The quantitative estimate of drug-likeness (QED) is 0.872. The summed E-state index contributed by atoms with van der Waals surface area (Å²) in [5, 5.41) is 8.80. The highest BCUT2D eigenvalue weighted by atomic mass is 19.1. The molecule has 0 aliphatic carbocycles. The normalized spacial score (nSPS) is 15.8. The molecule has 0 aromatic heterocycles. The second-order valence-electron chi connectivity index (χ2n) is 4.38. The number of hydrogen-bond acceptors (Lipinski definition) is 3. The van der Waals surface area contributed by atoms with Gasteiger partial charge in [0.1, 0.15) is 18.2 Å². The molecular formula is C13H16FNO3. The monoisotopic (exact) mass is 253 g/mol. The van der Waals surface area contributed by atoms with Gasteiger partial charge in [-0.2, -0.15) is 0 Å². The minimum atomic E-state index is -1.15. The van der Waals surface area contributed by atoms with Crippen molar-refractivity contribution in [2.75, 3.05) is 26.2 Å². The summed E-state index contributed by atoms with van der Waals surface area (Å²) >= 11 is 0. The van der Waals surface area contributed by atoms with Crippen LogP contribution in [0.3, 0.4) is 0 Å². The lowest BCUT2D eigenvalue weighted by atomic mass is 10.2. The second kappa shape index (κ2) is 5.82. The van der Waals surface area contributed by atoms with E-state index in [0.717, 1.165) is 25.7 Å². The summed E-state index contributed by atoms with van der Waals surface area (Å²) in [4.78, 5) is 13.0. The van der Waals surface area contributed by atoms with Crippen LogP contribution >= 0.6 is 0 Å². The van der Waals surface area contributed by atoms with Crippen molar-refractivity contribution >= 4 is 5.97 Å². The Kier molecular flexibility index (Phi) is 4.15. The Labute approximate surface area is 105 Å². The van der Waals surface area contributed by atoms with E-state index in [-0.39, 0.29) is 11.3 Å². The maximum Gasteiger partial charge on any atom is 0.335 e. The SMILES string of the molecule is O=C(O)c1cc(F)cc(OCCN2CCCC2)c1. The third-order valence-electron chi connectivity index (χ3n) is 2.99. The van der Waals surface area contributed by atoms with Gasteiger partial charge in [0.2, 0.25) is 0 Å². The maximum absolute atomic E-state index is 13.2. The first kappa shape index (κ1) is 12.8. The highest BCUT2D eigenvalue weighted by Crippen LogP contribution is 2.17. The van der Waals surface area contributed by atoms with Gasteiger partial charge < -0.3 is 9.84 Å². The van der Waals surface area contributed by atoms with E-state index >= 15 is 0 Å². The zero-order valence-corrected chi connectivity index (χ0v) is 10.1. The highest BCUT2D eigenvalue weighted by molar-refractivity contribution is 5.88. The van der Waals surface area contributed by atoms with Crippen molar-refractivity contribution < 1.29 is 19.0 Å². The number of aromatic carboxylic acids is 1. The molecule has 0 saturated carbocycles. The molecule has 0 spiro atoms. The van der Waals surface area contributed by atoms with E-state index < -0.39 is 11.8 Å². The van der Waals surface area contributed by atoms with E-state index in [9.17, 15) is 9.18 Å². The molecule has 0 unspecified atom stereocenters. The summed E-state index contributed by atoms with van der Waals surface area (Å²) in [7, 11) is 0. The first-order chi connectivity index (χ1) is 8.65. The maximum atomic E-state index is 13.2. The lowest BCUT2D eigenvalue weighted by Crippen LogP contribution is -2.25. The minimum absolute atomic E-state index is 0.0915. The molecule has 98 valence electrons. The number of benzene rings is 1. The Bertz CT molecular complexity index is 430. The summed E-state index contributed by atoms with van der Waals surface area (Å²) in [6, 6.07) is 3.53. The molecular weight excluding hydrogens is 237 g/mol. The number of carboxylic acid groups (broad SMARTS) is 1. The first-order valence-electron chi connectivity index (χ1n) is 6.04. The molecule has 0 radical (unpaired) electrons. The molecule has 1 aromatic rings. The lowest BCUT2D eigenvalue weighted by Gasteiger charge is -2.15. The van der Waals surface area contributed by atoms with Gasteiger partial charge in [-0.25, -0.2) is 9.18 Å². The van der Waals surface area contributed by atoms with Crippen molar-refractivity contribution in [1.29, 1.82) is 0 Å². The number of hydrogen-bond donors (Lipinski definition) is 1. The number of carboxylic acids is 1. The lowest BCUT2D eigenvalue weighted by molar-refractivity contribution is 0.0695. The molecule has 5 heteroatoms. The van der Waals surface area contributed by atoms with E-state index in [1.165, 1.54) is 25.0 Å². The first-order valence-corrected chi connectivity index (χ1v) is 6.04. The smallest absolute Gasteiger partial charge is 0.335 e. The van der Waals surface area contributed by atoms with Crippen molar-refractivity contribution in [3.05, 3.63) is 29.6 Å². The van der Waals surface area contributed by atoms with E-state index in [0.29, 0.717) is 6.61 Å². The predicted molar refractivity (Wildman–Crippen MR) is 64.5 cm³/mol. The Morgan fingerprint density at radius 3 is 2.72 bits per heavy atom. The second-order valence-corrected chi connectivity index (χ2v) is 4.38. The molecule has 0 amide bonds. The number of rotatable bonds is 5. The van der Waals surface area contributed by atoms with Crippen molar-refractivity contribution in [2.24, 2.45) is 0 Å². The molecule has 1 saturated heterocycles. The number of halogens is 1. The number of carbonyl (C=O) groups is 1. The fourth-order valence-corrected chi connectivity index (χ4v) is 2.07. The van der Waals surface area contributed by atoms with Crippen molar-refractivity contribution in [2.45, 2.75) is 12.8 Å². The number of nitrogens with zero attached hydrogens (tertiary/aromatic N) is 1. The largest absolute Gasteiger partial charge is 0.492 e. The molecule has 1 fully saturated rings. The van der Waals surface area contributed by atoms with Gasteiger partial charge in [-0.1, -0.05) is 0 Å². The van der Waals surface area contributed by atoms with Gasteiger partial charge in [-0.05, 0) is 38.1 Å². The van der Waals surface area contributed by atoms with Gasteiger partial charge in [0.05, 0.1) is 5.56 Å². The Hall–Kier alpha value is -1.62. The molecule has 2 rings (SSSR count). The molecule has 1 aliphatic heterocycles. The van der Waals surface area contributed by atoms with Crippen LogP contribution in [-0.4, -0.2) is 42.2 Å². The van der Waals surface area contributed by atoms with Crippen molar-refractivity contribution in [1.82, 2.24) is 4.90 Å². The molecule has 1 N–H and O–H groups in total. The van der Waals surface area contributed by atoms with Gasteiger partial charge in [0.15, 0.2) is 0 Å². The van der Waals surface area contributed by atoms with Crippen LogP contribution in [0.4, 0.5) is 4.39 Å². The Morgan fingerprint density at radius 1 is 1.33 bits per heavy atom. The van der Waals surface area contributed by atoms with Crippen LogP contribution in [-0.2, 0) is 0 Å². The minimum Gasteiger partial charge on any atom is -0.492 e. The van der Waals surface area contributed by atoms with Crippen LogP contribution in [0.2, 0.25) is 0 Å². The summed E-state index contributed by atoms with van der Waals surface area (Å²) in [5.41, 5.74) is -0.0915. The van der Waals surface area contributed by atoms with Crippen LogP contribution < -0.4 is 4.74 Å². The Balaban J connectivity index is 1.89. The van der Waals surface area contributed by atoms with Crippen LogP contribution in [0.1, 0.15) is 23.2 Å². The van der Waals surface area contributed by atoms with Gasteiger partial charge in [0, 0.05) is 12.6 Å². The van der Waals surface area contributed by atoms with Crippen LogP contribution in [0.5, 0.6) is 5.75 Å². The third kappa shape index (κ3) is 3.43. The summed E-state index contributed by atoms with van der Waals surface area (Å²) in [6.07, 6.45) is 2.42. The topological polar surface area (TPSA) is 49.8 Å². The molecule has 1 aromatic carbocycles. The fourth-order valence-electron chi connectivity index (χ4n) is 2.07. The van der Waals surface area contributed by atoms with E-state index in [4.69, 9.17) is 9.84 Å². The van der Waals surface area contributed by atoms with Gasteiger partial charge in [-0.15, -0.1) is 0 Å². The average molecular weight is 253 g/mol. The Morgan fingerprint density at radius 2 is 2.06 bits per heavy atom. The number of ether oxygens (including phenoxy) is 1. The van der Waals surface area contributed by atoms with Crippen LogP contribution in [0.15, 0.2) is 18.2 Å². The van der Waals surface area contributed by atoms with Crippen molar-refractivity contribution in [3.63, 3.8) is 0 Å². The van der Waals surface area contributed by atoms with Gasteiger partial charge in [-0.3, -0.25) is 4.90 Å². The predicted octanol–water partition coefficient (Wildman–Crippen LogP) is 2.00. The molecule has 1 aliphatic rings. The zero-order chi connectivity index (χ0) is 13.0. The summed E-state index contributed by atoms with van der Waals surface area (Å²) < 4.78 is 18.6. The van der Waals surface area contributed by atoms with E-state index in [1.807, 2.05) is 0 Å². The number of likely N-dealkylation sites (tertiary alicyclic amines) is 1. The van der Waals surface area contributed by atoms with E-state index in [2.05, 4.69) is 4.90 Å². The van der Waals surface area contributed by atoms with Gasteiger partial charge in [0.25, 0.3) is 0 Å². The zero-order valence-electron chi connectivity index (χ0n) is 10.1. The van der Waals surface area contributed by atoms with E-state index in [1.54, 1.807) is 0 Å². The molecule has 0 bridgehead atoms. The summed E-state index contributed by atoms with van der Waals surface area (Å²) in [5.74, 6) is -1.48. The third-order valence-corrected chi connectivity index (χ3v) is 2.99.